The smallest absolute Gasteiger partial charge is 0.352 e. The summed E-state index contributed by atoms with van der Waals surface area (Å²) >= 11 is 5.84. The van der Waals surface area contributed by atoms with E-state index in [1.165, 1.54) is 0 Å². The lowest BCUT2D eigenvalue weighted by Crippen LogP contribution is -2.27. The molecule has 7 heteroatoms. The van der Waals surface area contributed by atoms with Crippen molar-refractivity contribution >= 4 is 17.5 Å². The quantitative estimate of drug-likeness (QED) is 0.647. The van der Waals surface area contributed by atoms with Crippen LogP contribution >= 0.6 is 11.6 Å². The van der Waals surface area contributed by atoms with Crippen molar-refractivity contribution in [1.82, 2.24) is 5.32 Å². The van der Waals surface area contributed by atoms with Crippen LogP contribution in [-0.4, -0.2) is 17.8 Å². The zero-order chi connectivity index (χ0) is 15.3. The standard InChI is InChI=1S/C13H14ClF4NO/c1-2-8(14)6-7-19-12(20)9-4-3-5-10(11(9)15)13(16,17)18/h3-5,8H,2,6-7H2,1H3,(H,19,20). The Hall–Kier alpha value is -1.30. The molecule has 0 heterocycles. The largest absolute Gasteiger partial charge is 0.419 e. The minimum Gasteiger partial charge on any atom is -0.352 e. The molecule has 2 nitrogen and oxygen atoms in total. The Morgan fingerprint density at radius 1 is 1.40 bits per heavy atom. The number of nitrogens with one attached hydrogen (secondary N) is 1. The van der Waals surface area contributed by atoms with E-state index in [0.717, 1.165) is 12.1 Å². The van der Waals surface area contributed by atoms with Crippen LogP contribution in [0.25, 0.3) is 0 Å². The predicted octanol–water partition coefficient (Wildman–Crippen LogP) is 3.98. The van der Waals surface area contributed by atoms with Crippen LogP contribution in [-0.2, 0) is 6.18 Å². The first-order valence-corrected chi connectivity index (χ1v) is 6.49. The average molecular weight is 312 g/mol. The van der Waals surface area contributed by atoms with Crippen molar-refractivity contribution in [3.63, 3.8) is 0 Å². The summed E-state index contributed by atoms with van der Waals surface area (Å²) in [5, 5.41) is 2.22. The summed E-state index contributed by atoms with van der Waals surface area (Å²) in [6.07, 6.45) is -3.66. The Labute approximate surface area is 119 Å². The number of rotatable bonds is 5. The van der Waals surface area contributed by atoms with Gasteiger partial charge in [-0.2, -0.15) is 13.2 Å². The third-order valence-corrected chi connectivity index (χ3v) is 3.26. The summed E-state index contributed by atoms with van der Waals surface area (Å²) in [6.45, 7) is 2.04. The normalized spacial score (nSPS) is 13.1. The van der Waals surface area contributed by atoms with Gasteiger partial charge in [-0.1, -0.05) is 13.0 Å². The molecule has 1 aromatic rings. The fourth-order valence-corrected chi connectivity index (χ4v) is 1.68. The number of hydrogen-bond donors (Lipinski definition) is 1. The molecule has 1 N–H and O–H groups in total. The first-order chi connectivity index (χ1) is 9.27. The van der Waals surface area contributed by atoms with E-state index in [9.17, 15) is 22.4 Å². The highest BCUT2D eigenvalue weighted by molar-refractivity contribution is 6.20. The molecule has 0 aliphatic carbocycles. The Bertz CT molecular complexity index is 476. The summed E-state index contributed by atoms with van der Waals surface area (Å²) < 4.78 is 51.2. The van der Waals surface area contributed by atoms with Gasteiger partial charge in [-0.3, -0.25) is 4.79 Å². The minimum atomic E-state index is -4.83. The highest BCUT2D eigenvalue weighted by Crippen LogP contribution is 2.32. The number of alkyl halides is 4. The van der Waals surface area contributed by atoms with Crippen LogP contribution in [0, 0.1) is 5.82 Å². The van der Waals surface area contributed by atoms with Crippen LogP contribution in [0.5, 0.6) is 0 Å². The fraction of sp³-hybridized carbons (Fsp3) is 0.462. The Balaban J connectivity index is 2.79. The number of amides is 1. The van der Waals surface area contributed by atoms with Gasteiger partial charge in [0.25, 0.3) is 5.91 Å². The van der Waals surface area contributed by atoms with Crippen LogP contribution in [0.2, 0.25) is 0 Å². The molecular formula is C13H14ClF4NO. The maximum Gasteiger partial charge on any atom is 0.419 e. The molecule has 0 aliphatic heterocycles. The maximum absolute atomic E-state index is 13.7. The summed E-state index contributed by atoms with van der Waals surface area (Å²) in [7, 11) is 0. The second-order valence-corrected chi connectivity index (χ2v) is 4.83. The number of benzene rings is 1. The highest BCUT2D eigenvalue weighted by Gasteiger charge is 2.35. The molecule has 1 aromatic carbocycles. The van der Waals surface area contributed by atoms with Gasteiger partial charge in [-0.15, -0.1) is 11.6 Å². The van der Waals surface area contributed by atoms with Gasteiger partial charge in [0.05, 0.1) is 11.1 Å². The van der Waals surface area contributed by atoms with Crippen molar-refractivity contribution in [3.8, 4) is 0 Å². The lowest BCUT2D eigenvalue weighted by atomic mass is 10.1. The lowest BCUT2D eigenvalue weighted by molar-refractivity contribution is -0.140. The molecule has 1 atom stereocenters. The van der Waals surface area contributed by atoms with Gasteiger partial charge in [0, 0.05) is 11.9 Å². The van der Waals surface area contributed by atoms with Gasteiger partial charge >= 0.3 is 6.18 Å². The van der Waals surface area contributed by atoms with E-state index in [-0.39, 0.29) is 11.9 Å². The Morgan fingerprint density at radius 3 is 2.60 bits per heavy atom. The first kappa shape index (κ1) is 16.8. The van der Waals surface area contributed by atoms with Crippen LogP contribution in [0.15, 0.2) is 18.2 Å². The van der Waals surface area contributed by atoms with Gasteiger partial charge in [0.2, 0.25) is 0 Å². The summed E-state index contributed by atoms with van der Waals surface area (Å²) in [4.78, 5) is 11.7. The van der Waals surface area contributed by atoms with Gasteiger partial charge < -0.3 is 5.32 Å². The van der Waals surface area contributed by atoms with Crippen LogP contribution < -0.4 is 5.32 Å². The lowest BCUT2D eigenvalue weighted by Gasteiger charge is -2.12. The molecule has 1 amide bonds. The monoisotopic (exact) mass is 311 g/mol. The molecule has 0 aliphatic rings. The zero-order valence-corrected chi connectivity index (χ0v) is 11.5. The van der Waals surface area contributed by atoms with E-state index in [1.54, 1.807) is 0 Å². The number of hydrogen-bond acceptors (Lipinski definition) is 1. The summed E-state index contributed by atoms with van der Waals surface area (Å²) in [5.41, 5.74) is -2.07. The molecule has 0 saturated carbocycles. The minimum absolute atomic E-state index is 0.137. The SMILES string of the molecule is CCC(Cl)CCNC(=O)c1cccc(C(F)(F)F)c1F. The average Bonchev–Trinajstić information content (AvgIpc) is 2.37. The van der Waals surface area contributed by atoms with Crippen molar-refractivity contribution in [1.29, 1.82) is 0 Å². The molecule has 1 unspecified atom stereocenters. The van der Waals surface area contributed by atoms with Crippen molar-refractivity contribution in [2.24, 2.45) is 0 Å². The van der Waals surface area contributed by atoms with Gasteiger partial charge in [0.1, 0.15) is 5.82 Å². The van der Waals surface area contributed by atoms with E-state index in [0.29, 0.717) is 18.9 Å². The third-order valence-electron chi connectivity index (χ3n) is 2.73. The summed E-state index contributed by atoms with van der Waals surface area (Å²) in [6, 6.07) is 2.60. The topological polar surface area (TPSA) is 29.1 Å². The third kappa shape index (κ3) is 4.37. The number of carbonyl (C=O) groups is 1. The van der Waals surface area contributed by atoms with Crippen molar-refractivity contribution in [2.75, 3.05) is 6.54 Å². The second kappa shape index (κ2) is 6.92. The highest BCUT2D eigenvalue weighted by atomic mass is 35.5. The fourth-order valence-electron chi connectivity index (χ4n) is 1.57. The van der Waals surface area contributed by atoms with Gasteiger partial charge in [-0.25, -0.2) is 4.39 Å². The predicted molar refractivity (Wildman–Crippen MR) is 68.3 cm³/mol. The first-order valence-electron chi connectivity index (χ1n) is 6.05. The van der Waals surface area contributed by atoms with Crippen molar-refractivity contribution < 1.29 is 22.4 Å². The van der Waals surface area contributed by atoms with E-state index >= 15 is 0 Å². The van der Waals surface area contributed by atoms with E-state index in [2.05, 4.69) is 5.32 Å². The molecule has 0 aromatic heterocycles. The van der Waals surface area contributed by atoms with E-state index in [4.69, 9.17) is 11.6 Å². The van der Waals surface area contributed by atoms with Crippen LogP contribution in [0.1, 0.15) is 35.7 Å². The maximum atomic E-state index is 13.7. The van der Waals surface area contributed by atoms with Crippen LogP contribution in [0.3, 0.4) is 0 Å². The molecule has 0 radical (unpaired) electrons. The van der Waals surface area contributed by atoms with Gasteiger partial charge in [0.15, 0.2) is 0 Å². The summed E-state index contributed by atoms with van der Waals surface area (Å²) in [5.74, 6) is -2.44. The molecular weight excluding hydrogens is 298 g/mol. The molecule has 0 saturated heterocycles. The van der Waals surface area contributed by atoms with Gasteiger partial charge in [-0.05, 0) is 25.0 Å². The number of halogens is 5. The van der Waals surface area contributed by atoms with Crippen LogP contribution in [0.4, 0.5) is 17.6 Å². The van der Waals surface area contributed by atoms with Crippen molar-refractivity contribution in [3.05, 3.63) is 35.1 Å². The molecule has 0 bridgehead atoms. The van der Waals surface area contributed by atoms with E-state index < -0.39 is 29.0 Å². The van der Waals surface area contributed by atoms with Crippen molar-refractivity contribution in [2.45, 2.75) is 31.3 Å². The molecule has 20 heavy (non-hydrogen) atoms. The van der Waals surface area contributed by atoms with E-state index in [1.807, 2.05) is 6.92 Å². The Kier molecular flexibility index (Phi) is 5.80. The molecule has 0 fully saturated rings. The second-order valence-electron chi connectivity index (χ2n) is 4.21. The molecule has 112 valence electrons. The molecule has 1 rings (SSSR count). The zero-order valence-electron chi connectivity index (χ0n) is 10.7. The molecule has 0 spiro atoms. The Morgan fingerprint density at radius 2 is 2.05 bits per heavy atom. The number of carbonyl (C=O) groups excluding carboxylic acids is 1.